The largest absolute Gasteiger partial charge is 0.382 e. The highest BCUT2D eigenvalue weighted by Crippen LogP contribution is 2.24. The Morgan fingerprint density at radius 3 is 2.24 bits per heavy atom. The lowest BCUT2D eigenvalue weighted by Crippen LogP contribution is -2.15. The van der Waals surface area contributed by atoms with Crippen molar-refractivity contribution in [2.75, 3.05) is 16.8 Å². The molecule has 1 heterocycles. The first-order valence-electron chi connectivity index (χ1n) is 7.57. The summed E-state index contributed by atoms with van der Waals surface area (Å²) < 4.78 is 0. The van der Waals surface area contributed by atoms with E-state index in [1.165, 1.54) is 11.9 Å². The minimum atomic E-state index is -0.312. The molecule has 0 fully saturated rings. The number of rotatable bonds is 5. The molecule has 5 N–H and O–H groups in total. The molecule has 6 nitrogen and oxygen atoms in total. The average molecular weight is 351 g/mol. The van der Waals surface area contributed by atoms with E-state index in [0.29, 0.717) is 5.56 Å². The third-order valence-electron chi connectivity index (χ3n) is 3.51. The zero-order valence-corrected chi connectivity index (χ0v) is 14.2. The van der Waals surface area contributed by atoms with E-state index < -0.39 is 0 Å². The van der Waals surface area contributed by atoms with Crippen molar-refractivity contribution in [1.29, 1.82) is 0 Å². The van der Waals surface area contributed by atoms with Gasteiger partial charge in [0.2, 0.25) is 0 Å². The van der Waals surface area contributed by atoms with Gasteiger partial charge in [0.1, 0.15) is 12.0 Å². The van der Waals surface area contributed by atoms with Crippen molar-refractivity contribution in [3.05, 3.63) is 72.1 Å². The standard InChI is InChI=1S/C18H17N5OS/c19-16-15(17(20)22-11-21-16)23-18(24)13-6-8-14(9-7-13)25-10-12-4-2-1-3-5-12/h1-9,11H,10H2,(H,23,24)(H4,19,20,21,22). The number of nitrogens with two attached hydrogens (primary N) is 2. The Balaban J connectivity index is 1.64. The maximum absolute atomic E-state index is 12.3. The van der Waals surface area contributed by atoms with E-state index >= 15 is 0 Å². The van der Waals surface area contributed by atoms with E-state index in [1.807, 2.05) is 30.3 Å². The molecule has 0 atom stereocenters. The van der Waals surface area contributed by atoms with E-state index in [-0.39, 0.29) is 23.2 Å². The van der Waals surface area contributed by atoms with Gasteiger partial charge in [-0.3, -0.25) is 4.79 Å². The molecule has 1 aromatic heterocycles. The smallest absolute Gasteiger partial charge is 0.255 e. The van der Waals surface area contributed by atoms with Gasteiger partial charge in [0.25, 0.3) is 5.91 Å². The Morgan fingerprint density at radius 1 is 0.960 bits per heavy atom. The molecule has 0 bridgehead atoms. The number of hydrogen-bond acceptors (Lipinski definition) is 6. The van der Waals surface area contributed by atoms with Crippen LogP contribution in [0.1, 0.15) is 15.9 Å². The van der Waals surface area contributed by atoms with Crippen LogP contribution in [0.4, 0.5) is 17.3 Å². The summed E-state index contributed by atoms with van der Waals surface area (Å²) in [5, 5.41) is 2.65. The van der Waals surface area contributed by atoms with E-state index in [1.54, 1.807) is 23.9 Å². The number of carbonyl (C=O) groups is 1. The molecule has 7 heteroatoms. The molecule has 0 saturated heterocycles. The molecule has 2 aromatic carbocycles. The summed E-state index contributed by atoms with van der Waals surface area (Å²) in [6.07, 6.45) is 1.25. The van der Waals surface area contributed by atoms with Gasteiger partial charge in [0, 0.05) is 16.2 Å². The third kappa shape index (κ3) is 4.27. The van der Waals surface area contributed by atoms with E-state index in [4.69, 9.17) is 11.5 Å². The normalized spacial score (nSPS) is 10.4. The monoisotopic (exact) mass is 351 g/mol. The second-order valence-electron chi connectivity index (χ2n) is 5.27. The maximum atomic E-state index is 12.3. The molecule has 0 spiro atoms. The molecular weight excluding hydrogens is 334 g/mol. The molecule has 25 heavy (non-hydrogen) atoms. The van der Waals surface area contributed by atoms with Gasteiger partial charge in [-0.2, -0.15) is 0 Å². The number of carbonyl (C=O) groups excluding carboxylic acids is 1. The van der Waals surface area contributed by atoms with Crippen LogP contribution in [0.15, 0.2) is 65.8 Å². The number of anilines is 3. The third-order valence-corrected chi connectivity index (χ3v) is 4.59. The number of nitrogens with zero attached hydrogens (tertiary/aromatic N) is 2. The van der Waals surface area contributed by atoms with Crippen LogP contribution in [-0.2, 0) is 5.75 Å². The van der Waals surface area contributed by atoms with Crippen LogP contribution in [0.2, 0.25) is 0 Å². The molecule has 1 amide bonds. The summed E-state index contributed by atoms with van der Waals surface area (Å²) >= 11 is 1.71. The number of nitrogen functional groups attached to an aromatic ring is 2. The molecule has 3 rings (SSSR count). The molecule has 0 aliphatic heterocycles. The fraction of sp³-hybridized carbons (Fsp3) is 0.0556. The van der Waals surface area contributed by atoms with Gasteiger partial charge in [0.15, 0.2) is 11.6 Å². The molecular formula is C18H17N5OS. The quantitative estimate of drug-likeness (QED) is 0.610. The number of benzene rings is 2. The zero-order valence-electron chi connectivity index (χ0n) is 13.3. The fourth-order valence-corrected chi connectivity index (χ4v) is 3.03. The highest BCUT2D eigenvalue weighted by atomic mass is 32.2. The first-order valence-corrected chi connectivity index (χ1v) is 8.56. The summed E-state index contributed by atoms with van der Waals surface area (Å²) in [5.41, 5.74) is 13.4. The van der Waals surface area contributed by atoms with Crippen molar-refractivity contribution < 1.29 is 4.79 Å². The summed E-state index contributed by atoms with van der Waals surface area (Å²) in [5.74, 6) is 0.834. The first kappa shape index (κ1) is 16.8. The van der Waals surface area contributed by atoms with Crippen LogP contribution in [0.5, 0.6) is 0 Å². The maximum Gasteiger partial charge on any atom is 0.255 e. The van der Waals surface area contributed by atoms with Crippen LogP contribution in [0.3, 0.4) is 0 Å². The summed E-state index contributed by atoms with van der Waals surface area (Å²) in [6.45, 7) is 0. The topological polar surface area (TPSA) is 107 Å². The predicted octanol–water partition coefficient (Wildman–Crippen LogP) is 3.19. The number of amides is 1. The Labute approximate surface area is 149 Å². The van der Waals surface area contributed by atoms with Crippen LogP contribution < -0.4 is 16.8 Å². The van der Waals surface area contributed by atoms with Gasteiger partial charge >= 0.3 is 0 Å². The Morgan fingerprint density at radius 2 is 1.60 bits per heavy atom. The van der Waals surface area contributed by atoms with Gasteiger partial charge in [-0.1, -0.05) is 30.3 Å². The van der Waals surface area contributed by atoms with Gasteiger partial charge in [-0.05, 0) is 29.8 Å². The van der Waals surface area contributed by atoms with Gasteiger partial charge in [0.05, 0.1) is 0 Å². The number of aromatic nitrogens is 2. The lowest BCUT2D eigenvalue weighted by molar-refractivity contribution is 0.102. The second-order valence-corrected chi connectivity index (χ2v) is 6.32. The molecule has 0 saturated carbocycles. The molecule has 0 aliphatic carbocycles. The van der Waals surface area contributed by atoms with Crippen LogP contribution >= 0.6 is 11.8 Å². The van der Waals surface area contributed by atoms with Gasteiger partial charge < -0.3 is 16.8 Å². The number of hydrogen-bond donors (Lipinski definition) is 3. The van der Waals surface area contributed by atoms with E-state index in [9.17, 15) is 4.79 Å². The van der Waals surface area contributed by atoms with Crippen molar-refractivity contribution in [1.82, 2.24) is 9.97 Å². The lowest BCUT2D eigenvalue weighted by atomic mass is 10.2. The first-order chi connectivity index (χ1) is 12.1. The van der Waals surface area contributed by atoms with E-state index in [2.05, 4.69) is 27.4 Å². The number of nitrogens with one attached hydrogen (secondary N) is 1. The highest BCUT2D eigenvalue weighted by Gasteiger charge is 2.12. The molecule has 126 valence electrons. The van der Waals surface area contributed by atoms with Crippen LogP contribution in [0, 0.1) is 0 Å². The van der Waals surface area contributed by atoms with Crippen molar-refractivity contribution in [2.45, 2.75) is 10.6 Å². The minimum absolute atomic E-state index is 0.135. The minimum Gasteiger partial charge on any atom is -0.382 e. The second kappa shape index (κ2) is 7.67. The Bertz CT molecular complexity index is 848. The van der Waals surface area contributed by atoms with Crippen molar-refractivity contribution >= 4 is 35.0 Å². The average Bonchev–Trinajstić information content (AvgIpc) is 2.64. The summed E-state index contributed by atoms with van der Waals surface area (Å²) in [7, 11) is 0. The highest BCUT2D eigenvalue weighted by molar-refractivity contribution is 7.98. The molecule has 0 unspecified atom stereocenters. The Hall–Kier alpha value is -3.06. The molecule has 0 radical (unpaired) electrons. The zero-order chi connectivity index (χ0) is 17.6. The van der Waals surface area contributed by atoms with Crippen LogP contribution in [-0.4, -0.2) is 15.9 Å². The summed E-state index contributed by atoms with van der Waals surface area (Å²) in [6, 6.07) is 17.6. The summed E-state index contributed by atoms with van der Waals surface area (Å²) in [4.78, 5) is 21.1. The van der Waals surface area contributed by atoms with Crippen LogP contribution in [0.25, 0.3) is 0 Å². The fourth-order valence-electron chi connectivity index (χ4n) is 2.17. The SMILES string of the molecule is Nc1ncnc(N)c1NC(=O)c1ccc(SCc2ccccc2)cc1. The molecule has 0 aliphatic rings. The predicted molar refractivity (Wildman–Crippen MR) is 101 cm³/mol. The van der Waals surface area contributed by atoms with Gasteiger partial charge in [-0.25, -0.2) is 9.97 Å². The Kier molecular flexibility index (Phi) is 5.15. The van der Waals surface area contributed by atoms with Crippen molar-refractivity contribution in [3.8, 4) is 0 Å². The van der Waals surface area contributed by atoms with Gasteiger partial charge in [-0.15, -0.1) is 11.8 Å². The lowest BCUT2D eigenvalue weighted by Gasteiger charge is -2.09. The van der Waals surface area contributed by atoms with Crippen molar-refractivity contribution in [2.24, 2.45) is 0 Å². The molecule has 3 aromatic rings. The number of thioether (sulfide) groups is 1. The van der Waals surface area contributed by atoms with E-state index in [0.717, 1.165) is 10.6 Å². The van der Waals surface area contributed by atoms with Crippen molar-refractivity contribution in [3.63, 3.8) is 0 Å².